The van der Waals surface area contributed by atoms with Gasteiger partial charge in [-0.2, -0.15) is 11.8 Å². The van der Waals surface area contributed by atoms with E-state index >= 15 is 0 Å². The molecule has 3 nitrogen and oxygen atoms in total. The highest BCUT2D eigenvalue weighted by atomic mass is 32.2. The lowest BCUT2D eigenvalue weighted by Gasteiger charge is -2.04. The zero-order chi connectivity index (χ0) is 15.9. The third-order valence-electron chi connectivity index (χ3n) is 3.71. The number of Topliss-reactive ketones (excluding diaryl/α,β-unsaturated/α-hetero) is 1. The van der Waals surface area contributed by atoms with Gasteiger partial charge in [-0.05, 0) is 11.6 Å². The number of aromatic nitrogens is 1. The Balaban J connectivity index is 1.40. The van der Waals surface area contributed by atoms with Crippen molar-refractivity contribution in [3.8, 4) is 0 Å². The van der Waals surface area contributed by atoms with Crippen LogP contribution in [0.3, 0.4) is 0 Å². The van der Waals surface area contributed by atoms with Crippen molar-refractivity contribution in [1.29, 1.82) is 0 Å². The summed E-state index contributed by atoms with van der Waals surface area (Å²) in [5, 5.41) is 4.24. The van der Waals surface area contributed by atoms with Gasteiger partial charge in [-0.25, -0.2) is 0 Å². The molecule has 4 heteroatoms. The van der Waals surface area contributed by atoms with Crippen LogP contribution in [0.15, 0.2) is 60.8 Å². The maximum absolute atomic E-state index is 12.3. The topological polar surface area (TPSA) is 44.9 Å². The van der Waals surface area contributed by atoms with Crippen molar-refractivity contribution >= 4 is 28.4 Å². The summed E-state index contributed by atoms with van der Waals surface area (Å²) in [6, 6.07) is 18.3. The van der Waals surface area contributed by atoms with E-state index < -0.39 is 0 Å². The molecule has 0 spiro atoms. The minimum atomic E-state index is 0.135. The van der Waals surface area contributed by atoms with Crippen LogP contribution in [-0.4, -0.2) is 29.6 Å². The Labute approximate surface area is 140 Å². The lowest BCUT2D eigenvalue weighted by molar-refractivity contribution is 0.0993. The van der Waals surface area contributed by atoms with Crippen LogP contribution >= 0.6 is 11.8 Å². The van der Waals surface area contributed by atoms with Gasteiger partial charge in [0.15, 0.2) is 5.78 Å². The molecule has 0 bridgehead atoms. The molecule has 3 rings (SSSR count). The lowest BCUT2D eigenvalue weighted by Crippen LogP contribution is -2.25. The van der Waals surface area contributed by atoms with E-state index in [0.29, 0.717) is 6.54 Å². The highest BCUT2D eigenvalue weighted by molar-refractivity contribution is 7.98. The SMILES string of the molecule is O=C(CNCCSCc1ccccc1)c1c[nH]c2ccccc12. The van der Waals surface area contributed by atoms with Gasteiger partial charge in [0.2, 0.25) is 0 Å². The summed E-state index contributed by atoms with van der Waals surface area (Å²) in [4.78, 5) is 15.4. The maximum Gasteiger partial charge on any atom is 0.178 e. The molecule has 3 aromatic rings. The molecular formula is C19H20N2OS. The molecule has 0 aliphatic rings. The van der Waals surface area contributed by atoms with Crippen LogP contribution in [0.5, 0.6) is 0 Å². The minimum Gasteiger partial charge on any atom is -0.360 e. The van der Waals surface area contributed by atoms with Crippen LogP contribution in [-0.2, 0) is 5.75 Å². The van der Waals surface area contributed by atoms with E-state index in [9.17, 15) is 4.79 Å². The number of fused-ring (bicyclic) bond motifs is 1. The largest absolute Gasteiger partial charge is 0.360 e. The van der Waals surface area contributed by atoms with Gasteiger partial charge in [-0.3, -0.25) is 4.79 Å². The molecule has 0 unspecified atom stereocenters. The number of aromatic amines is 1. The molecule has 0 radical (unpaired) electrons. The average molecular weight is 324 g/mol. The van der Waals surface area contributed by atoms with Gasteiger partial charge >= 0.3 is 0 Å². The van der Waals surface area contributed by atoms with Gasteiger partial charge < -0.3 is 10.3 Å². The van der Waals surface area contributed by atoms with E-state index in [-0.39, 0.29) is 5.78 Å². The summed E-state index contributed by atoms with van der Waals surface area (Å²) in [5.74, 6) is 2.14. The van der Waals surface area contributed by atoms with E-state index in [0.717, 1.165) is 34.5 Å². The number of hydrogen-bond acceptors (Lipinski definition) is 3. The van der Waals surface area contributed by atoms with E-state index in [4.69, 9.17) is 0 Å². The first kappa shape index (κ1) is 15.8. The van der Waals surface area contributed by atoms with Gasteiger partial charge in [0, 0.05) is 40.7 Å². The summed E-state index contributed by atoms with van der Waals surface area (Å²) >= 11 is 1.88. The molecule has 0 fully saturated rings. The molecule has 0 aliphatic carbocycles. The molecule has 1 heterocycles. The Morgan fingerprint density at radius 2 is 1.83 bits per heavy atom. The fraction of sp³-hybridized carbons (Fsp3) is 0.211. The molecule has 1 aromatic heterocycles. The number of carbonyl (C=O) groups excluding carboxylic acids is 1. The normalized spacial score (nSPS) is 11.0. The number of carbonyl (C=O) groups is 1. The van der Waals surface area contributed by atoms with Crippen molar-refractivity contribution in [3.63, 3.8) is 0 Å². The first-order chi connectivity index (χ1) is 11.3. The third-order valence-corrected chi connectivity index (χ3v) is 4.74. The summed E-state index contributed by atoms with van der Waals surface area (Å²) in [6.45, 7) is 1.22. The predicted octanol–water partition coefficient (Wildman–Crippen LogP) is 3.87. The van der Waals surface area contributed by atoms with Crippen LogP contribution in [0.4, 0.5) is 0 Å². The molecular weight excluding hydrogens is 304 g/mol. The Kier molecular flexibility index (Phi) is 5.51. The van der Waals surface area contributed by atoms with Gasteiger partial charge in [0.25, 0.3) is 0 Å². The second kappa shape index (κ2) is 7.99. The number of rotatable bonds is 8. The molecule has 0 amide bonds. The van der Waals surface area contributed by atoms with Crippen LogP contribution in [0.1, 0.15) is 15.9 Å². The zero-order valence-corrected chi connectivity index (χ0v) is 13.7. The van der Waals surface area contributed by atoms with E-state index in [1.807, 2.05) is 42.1 Å². The zero-order valence-electron chi connectivity index (χ0n) is 12.9. The number of H-pyrrole nitrogens is 1. The van der Waals surface area contributed by atoms with E-state index in [2.05, 4.69) is 34.6 Å². The number of thioether (sulfide) groups is 1. The molecule has 0 saturated heterocycles. The molecule has 2 N–H and O–H groups in total. The van der Waals surface area contributed by atoms with Crippen molar-refractivity contribution < 1.29 is 4.79 Å². The fourth-order valence-electron chi connectivity index (χ4n) is 2.51. The van der Waals surface area contributed by atoms with Crippen LogP contribution in [0, 0.1) is 0 Å². The molecule has 0 aliphatic heterocycles. The summed E-state index contributed by atoms with van der Waals surface area (Å²) in [6.07, 6.45) is 1.80. The Morgan fingerprint density at radius 1 is 1.04 bits per heavy atom. The Morgan fingerprint density at radius 3 is 2.70 bits per heavy atom. The van der Waals surface area contributed by atoms with Crippen molar-refractivity contribution in [1.82, 2.24) is 10.3 Å². The predicted molar refractivity (Wildman–Crippen MR) is 98.1 cm³/mol. The number of para-hydroxylation sites is 1. The molecule has 118 valence electrons. The quantitative estimate of drug-likeness (QED) is 0.488. The van der Waals surface area contributed by atoms with E-state index in [1.165, 1.54) is 5.56 Å². The highest BCUT2D eigenvalue weighted by Crippen LogP contribution is 2.17. The Bertz CT molecular complexity index is 767. The first-order valence-electron chi connectivity index (χ1n) is 7.76. The van der Waals surface area contributed by atoms with Crippen LogP contribution in [0.2, 0.25) is 0 Å². The second-order valence-electron chi connectivity index (χ2n) is 5.39. The van der Waals surface area contributed by atoms with Gasteiger partial charge in [0.05, 0.1) is 6.54 Å². The van der Waals surface area contributed by atoms with Crippen molar-refractivity contribution in [2.24, 2.45) is 0 Å². The molecule has 2 aromatic carbocycles. The summed E-state index contributed by atoms with van der Waals surface area (Å²) in [5.41, 5.74) is 3.12. The van der Waals surface area contributed by atoms with Crippen LogP contribution < -0.4 is 5.32 Å². The maximum atomic E-state index is 12.3. The third kappa shape index (κ3) is 4.24. The monoisotopic (exact) mass is 324 g/mol. The number of benzene rings is 2. The van der Waals surface area contributed by atoms with Crippen molar-refractivity contribution in [2.45, 2.75) is 5.75 Å². The van der Waals surface area contributed by atoms with E-state index in [1.54, 1.807) is 6.20 Å². The second-order valence-corrected chi connectivity index (χ2v) is 6.49. The number of hydrogen-bond donors (Lipinski definition) is 2. The molecule has 0 saturated carbocycles. The molecule has 23 heavy (non-hydrogen) atoms. The van der Waals surface area contributed by atoms with Gasteiger partial charge in [-0.1, -0.05) is 48.5 Å². The molecule has 0 atom stereocenters. The summed E-state index contributed by atoms with van der Waals surface area (Å²) < 4.78 is 0. The lowest BCUT2D eigenvalue weighted by atomic mass is 10.1. The fourth-order valence-corrected chi connectivity index (χ4v) is 3.37. The minimum absolute atomic E-state index is 0.135. The first-order valence-corrected chi connectivity index (χ1v) is 8.92. The highest BCUT2D eigenvalue weighted by Gasteiger charge is 2.10. The number of ketones is 1. The standard InChI is InChI=1S/C19H20N2OS/c22-19(17-12-21-18-9-5-4-8-16(17)18)13-20-10-11-23-14-15-6-2-1-3-7-15/h1-9,12,20-21H,10-11,13-14H2. The van der Waals surface area contributed by atoms with Crippen LogP contribution in [0.25, 0.3) is 10.9 Å². The Hall–Kier alpha value is -2.04. The van der Waals surface area contributed by atoms with Crippen molar-refractivity contribution in [2.75, 3.05) is 18.8 Å². The number of nitrogens with one attached hydrogen (secondary N) is 2. The van der Waals surface area contributed by atoms with Crippen molar-refractivity contribution in [3.05, 3.63) is 71.9 Å². The smallest absolute Gasteiger partial charge is 0.178 e. The summed E-state index contributed by atoms with van der Waals surface area (Å²) in [7, 11) is 0. The average Bonchev–Trinajstić information content (AvgIpc) is 3.03. The van der Waals surface area contributed by atoms with Gasteiger partial charge in [-0.15, -0.1) is 0 Å². The van der Waals surface area contributed by atoms with Gasteiger partial charge in [0.1, 0.15) is 0 Å².